The van der Waals surface area contributed by atoms with Crippen LogP contribution < -0.4 is 0 Å². The maximum absolute atomic E-state index is 9.57. The van der Waals surface area contributed by atoms with Crippen molar-refractivity contribution in [3.63, 3.8) is 0 Å². The number of rotatable bonds is 21. The minimum atomic E-state index is 0.411. The third-order valence-electron chi connectivity index (χ3n) is 5.69. The van der Waals surface area contributed by atoms with Crippen molar-refractivity contribution in [2.75, 3.05) is 6.61 Å². The highest BCUT2D eigenvalue weighted by Crippen LogP contribution is 2.19. The maximum atomic E-state index is 9.57. The van der Waals surface area contributed by atoms with Crippen LogP contribution in [0.5, 0.6) is 0 Å². The van der Waals surface area contributed by atoms with Crippen molar-refractivity contribution in [2.45, 2.75) is 142 Å². The molecule has 0 aliphatic carbocycles. The first-order chi connectivity index (χ1) is 12.3. The largest absolute Gasteiger partial charge is 0.396 e. The molecule has 1 N–H and O–H groups in total. The van der Waals surface area contributed by atoms with Crippen LogP contribution in [-0.2, 0) is 0 Å². The molecule has 0 aliphatic heterocycles. The van der Waals surface area contributed by atoms with Crippen LogP contribution in [0.25, 0.3) is 0 Å². The second kappa shape index (κ2) is 22.0. The molecular formula is C24H50O. The SMILES string of the molecule is CCCCCCCCCCCC(CO)CCCCCCCCCCC. The Balaban J connectivity index is 3.28. The topological polar surface area (TPSA) is 20.2 Å². The van der Waals surface area contributed by atoms with E-state index >= 15 is 0 Å². The number of unbranched alkanes of at least 4 members (excludes halogenated alkanes) is 16. The van der Waals surface area contributed by atoms with E-state index in [9.17, 15) is 5.11 Å². The molecule has 0 rings (SSSR count). The van der Waals surface area contributed by atoms with Crippen molar-refractivity contribution in [1.29, 1.82) is 0 Å². The molecule has 0 unspecified atom stereocenters. The Morgan fingerprint density at radius 2 is 0.720 bits per heavy atom. The standard InChI is InChI=1S/C24H50O/c1-3-5-7-9-11-13-15-17-19-21-24(23-25)22-20-18-16-14-12-10-8-6-4-2/h24-25H,3-23H2,1-2H3. The summed E-state index contributed by atoms with van der Waals surface area (Å²) in [6.07, 6.45) is 27.7. The molecule has 0 heterocycles. The van der Waals surface area contributed by atoms with Gasteiger partial charge in [0.1, 0.15) is 0 Å². The van der Waals surface area contributed by atoms with Crippen molar-refractivity contribution in [3.8, 4) is 0 Å². The highest BCUT2D eigenvalue weighted by atomic mass is 16.3. The Labute approximate surface area is 160 Å². The molecule has 0 bridgehead atoms. The Kier molecular flexibility index (Phi) is 22.0. The zero-order valence-corrected chi connectivity index (χ0v) is 17.9. The highest BCUT2D eigenvalue weighted by molar-refractivity contribution is 4.59. The smallest absolute Gasteiger partial charge is 0.0459 e. The van der Waals surface area contributed by atoms with Crippen molar-refractivity contribution < 1.29 is 5.11 Å². The lowest BCUT2D eigenvalue weighted by Gasteiger charge is -2.13. The second-order valence-electron chi connectivity index (χ2n) is 8.28. The Morgan fingerprint density at radius 1 is 0.440 bits per heavy atom. The fourth-order valence-corrected chi connectivity index (χ4v) is 3.81. The summed E-state index contributed by atoms with van der Waals surface area (Å²) in [5.41, 5.74) is 0. The predicted molar refractivity (Wildman–Crippen MR) is 114 cm³/mol. The van der Waals surface area contributed by atoms with E-state index in [1.165, 1.54) is 128 Å². The van der Waals surface area contributed by atoms with Gasteiger partial charge >= 0.3 is 0 Å². The Hall–Kier alpha value is -0.0400. The first kappa shape index (κ1) is 25.0. The third kappa shape index (κ3) is 20.1. The van der Waals surface area contributed by atoms with Crippen LogP contribution in [0.15, 0.2) is 0 Å². The first-order valence-electron chi connectivity index (χ1n) is 12.0. The summed E-state index contributed by atoms with van der Waals surface area (Å²) in [6.45, 7) is 4.98. The van der Waals surface area contributed by atoms with Gasteiger partial charge in [0.05, 0.1) is 0 Å². The summed E-state index contributed by atoms with van der Waals surface area (Å²) in [5.74, 6) is 0.578. The lowest BCUT2D eigenvalue weighted by atomic mass is 9.94. The lowest BCUT2D eigenvalue weighted by molar-refractivity contribution is 0.204. The summed E-state index contributed by atoms with van der Waals surface area (Å²) in [7, 11) is 0. The van der Waals surface area contributed by atoms with Crippen LogP contribution in [0.1, 0.15) is 142 Å². The summed E-state index contributed by atoms with van der Waals surface area (Å²) in [4.78, 5) is 0. The van der Waals surface area contributed by atoms with E-state index in [1.807, 2.05) is 0 Å². The molecule has 0 fully saturated rings. The zero-order chi connectivity index (χ0) is 18.4. The van der Waals surface area contributed by atoms with Crippen LogP contribution in [0, 0.1) is 5.92 Å². The summed E-state index contributed by atoms with van der Waals surface area (Å²) >= 11 is 0. The molecule has 0 amide bonds. The van der Waals surface area contributed by atoms with Crippen LogP contribution in [0.2, 0.25) is 0 Å². The number of aliphatic hydroxyl groups excluding tert-OH is 1. The molecule has 25 heavy (non-hydrogen) atoms. The van der Waals surface area contributed by atoms with Gasteiger partial charge in [-0.3, -0.25) is 0 Å². The van der Waals surface area contributed by atoms with Gasteiger partial charge in [-0.25, -0.2) is 0 Å². The van der Waals surface area contributed by atoms with E-state index in [-0.39, 0.29) is 0 Å². The minimum Gasteiger partial charge on any atom is -0.396 e. The van der Waals surface area contributed by atoms with Crippen molar-refractivity contribution in [1.82, 2.24) is 0 Å². The monoisotopic (exact) mass is 354 g/mol. The van der Waals surface area contributed by atoms with Gasteiger partial charge in [0.25, 0.3) is 0 Å². The van der Waals surface area contributed by atoms with Gasteiger partial charge < -0.3 is 5.11 Å². The van der Waals surface area contributed by atoms with Gasteiger partial charge in [-0.2, -0.15) is 0 Å². The molecule has 0 aromatic heterocycles. The van der Waals surface area contributed by atoms with Gasteiger partial charge in [0.15, 0.2) is 0 Å². The third-order valence-corrected chi connectivity index (χ3v) is 5.69. The Bertz CT molecular complexity index is 204. The normalized spacial score (nSPS) is 11.5. The fourth-order valence-electron chi connectivity index (χ4n) is 3.81. The molecule has 0 saturated heterocycles. The first-order valence-corrected chi connectivity index (χ1v) is 12.0. The molecule has 1 heteroatoms. The van der Waals surface area contributed by atoms with Gasteiger partial charge in [-0.05, 0) is 18.8 Å². The van der Waals surface area contributed by atoms with Crippen LogP contribution in [0.4, 0.5) is 0 Å². The molecule has 0 saturated carbocycles. The minimum absolute atomic E-state index is 0.411. The van der Waals surface area contributed by atoms with E-state index in [0.29, 0.717) is 12.5 Å². The van der Waals surface area contributed by atoms with Crippen LogP contribution in [-0.4, -0.2) is 11.7 Å². The van der Waals surface area contributed by atoms with E-state index in [2.05, 4.69) is 13.8 Å². The average Bonchev–Trinajstić information content (AvgIpc) is 2.63. The molecule has 0 aliphatic rings. The summed E-state index contributed by atoms with van der Waals surface area (Å²) in [6, 6.07) is 0. The average molecular weight is 355 g/mol. The molecular weight excluding hydrogens is 304 g/mol. The van der Waals surface area contributed by atoms with Crippen LogP contribution in [0.3, 0.4) is 0 Å². The summed E-state index contributed by atoms with van der Waals surface area (Å²) < 4.78 is 0. The van der Waals surface area contributed by atoms with Gasteiger partial charge in [-0.15, -0.1) is 0 Å². The van der Waals surface area contributed by atoms with Crippen molar-refractivity contribution in [3.05, 3.63) is 0 Å². The number of hydrogen-bond acceptors (Lipinski definition) is 1. The maximum Gasteiger partial charge on any atom is 0.0459 e. The molecule has 0 aromatic carbocycles. The van der Waals surface area contributed by atoms with E-state index in [4.69, 9.17) is 0 Å². The predicted octanol–water partition coefficient (Wildman–Crippen LogP) is 8.44. The van der Waals surface area contributed by atoms with Crippen molar-refractivity contribution >= 4 is 0 Å². The zero-order valence-electron chi connectivity index (χ0n) is 17.9. The van der Waals surface area contributed by atoms with E-state index in [1.54, 1.807) is 0 Å². The molecule has 0 atom stereocenters. The Morgan fingerprint density at radius 3 is 1.00 bits per heavy atom. The molecule has 0 aromatic rings. The van der Waals surface area contributed by atoms with E-state index < -0.39 is 0 Å². The van der Waals surface area contributed by atoms with Crippen molar-refractivity contribution in [2.24, 2.45) is 5.92 Å². The molecule has 152 valence electrons. The fraction of sp³-hybridized carbons (Fsp3) is 1.00. The molecule has 1 nitrogen and oxygen atoms in total. The molecule has 0 radical (unpaired) electrons. The quantitative estimate of drug-likeness (QED) is 0.205. The highest BCUT2D eigenvalue weighted by Gasteiger charge is 2.06. The van der Waals surface area contributed by atoms with E-state index in [0.717, 1.165) is 0 Å². The number of hydrogen-bond donors (Lipinski definition) is 1. The second-order valence-corrected chi connectivity index (χ2v) is 8.28. The number of aliphatic hydroxyl groups is 1. The van der Waals surface area contributed by atoms with Gasteiger partial charge in [-0.1, -0.05) is 129 Å². The van der Waals surface area contributed by atoms with Gasteiger partial charge in [0, 0.05) is 6.61 Å². The summed E-state index contributed by atoms with van der Waals surface area (Å²) in [5, 5.41) is 9.57. The van der Waals surface area contributed by atoms with Crippen LogP contribution >= 0.6 is 0 Å². The van der Waals surface area contributed by atoms with Gasteiger partial charge in [0.2, 0.25) is 0 Å². The lowest BCUT2D eigenvalue weighted by Crippen LogP contribution is -2.06. The molecule has 0 spiro atoms.